The zero-order valence-electron chi connectivity index (χ0n) is 11.8. The third kappa shape index (κ3) is 4.03. The predicted octanol–water partition coefficient (Wildman–Crippen LogP) is 4.42. The van der Waals surface area contributed by atoms with Crippen molar-refractivity contribution in [1.82, 2.24) is 5.32 Å². The summed E-state index contributed by atoms with van der Waals surface area (Å²) in [5.74, 6) is 0.703. The van der Waals surface area contributed by atoms with E-state index in [9.17, 15) is 10.1 Å². The quantitative estimate of drug-likeness (QED) is 0.501. The number of hydrogen-bond donors (Lipinski definition) is 1. The molecule has 1 saturated carbocycles. The van der Waals surface area contributed by atoms with Crippen LogP contribution in [0.2, 0.25) is 0 Å². The number of hydrogen-bond acceptors (Lipinski definition) is 3. The summed E-state index contributed by atoms with van der Waals surface area (Å²) in [5, 5.41) is 14.3. The summed E-state index contributed by atoms with van der Waals surface area (Å²) < 4.78 is 0.806. The van der Waals surface area contributed by atoms with Gasteiger partial charge in [-0.15, -0.1) is 0 Å². The lowest BCUT2D eigenvalue weighted by Gasteiger charge is -2.23. The Bertz CT molecular complexity index is 479. The molecule has 20 heavy (non-hydrogen) atoms. The van der Waals surface area contributed by atoms with Crippen LogP contribution in [0.25, 0.3) is 0 Å². The van der Waals surface area contributed by atoms with E-state index >= 15 is 0 Å². The molecule has 0 amide bonds. The maximum Gasteiger partial charge on any atom is 0.270 e. The summed E-state index contributed by atoms with van der Waals surface area (Å²) in [6, 6.07) is 5.53. The molecule has 0 aromatic heterocycles. The second-order valence-corrected chi connectivity index (χ2v) is 6.49. The summed E-state index contributed by atoms with van der Waals surface area (Å²) in [7, 11) is 0. The second-order valence-electron chi connectivity index (χ2n) is 5.64. The van der Waals surface area contributed by atoms with Gasteiger partial charge in [0, 0.05) is 29.2 Å². The molecule has 2 rings (SSSR count). The van der Waals surface area contributed by atoms with Crippen LogP contribution in [0.1, 0.15) is 44.6 Å². The molecule has 1 fully saturated rings. The summed E-state index contributed by atoms with van der Waals surface area (Å²) in [6.45, 7) is 3.07. The number of nitro groups is 1. The van der Waals surface area contributed by atoms with Crippen molar-refractivity contribution in [2.24, 2.45) is 5.92 Å². The lowest BCUT2D eigenvalue weighted by atomic mass is 9.97. The normalized spacial score (nSPS) is 23.3. The van der Waals surface area contributed by atoms with Crippen molar-refractivity contribution in [3.05, 3.63) is 38.3 Å². The zero-order chi connectivity index (χ0) is 14.5. The minimum atomic E-state index is -0.366. The number of halogens is 1. The van der Waals surface area contributed by atoms with Crippen molar-refractivity contribution in [3.63, 3.8) is 0 Å². The van der Waals surface area contributed by atoms with Crippen LogP contribution in [0, 0.1) is 16.0 Å². The van der Waals surface area contributed by atoms with Gasteiger partial charge in [0.15, 0.2) is 0 Å². The van der Waals surface area contributed by atoms with Crippen LogP contribution in [0.4, 0.5) is 5.69 Å². The number of nitrogens with one attached hydrogen (secondary N) is 1. The topological polar surface area (TPSA) is 55.2 Å². The molecule has 0 aliphatic heterocycles. The minimum absolute atomic E-state index is 0.128. The molecule has 2 unspecified atom stereocenters. The first-order valence-electron chi connectivity index (χ1n) is 7.24. The van der Waals surface area contributed by atoms with Gasteiger partial charge in [0.2, 0.25) is 0 Å². The number of rotatable bonds is 4. The number of benzene rings is 1. The number of nitro benzene ring substituents is 1. The fraction of sp³-hybridized carbons (Fsp3) is 0.600. The molecule has 2 atom stereocenters. The summed E-state index contributed by atoms with van der Waals surface area (Å²) >= 11 is 3.43. The predicted molar refractivity (Wildman–Crippen MR) is 83.7 cm³/mol. The van der Waals surface area contributed by atoms with Crippen LogP contribution >= 0.6 is 15.9 Å². The summed E-state index contributed by atoms with van der Waals surface area (Å²) in [5.41, 5.74) is 1.20. The fourth-order valence-electron chi connectivity index (χ4n) is 2.83. The Labute approximate surface area is 128 Å². The largest absolute Gasteiger partial charge is 0.310 e. The van der Waals surface area contributed by atoms with Crippen molar-refractivity contribution < 1.29 is 4.92 Å². The molecule has 4 nitrogen and oxygen atoms in total. The Morgan fingerprint density at radius 2 is 2.10 bits per heavy atom. The zero-order valence-corrected chi connectivity index (χ0v) is 13.4. The van der Waals surface area contributed by atoms with Crippen LogP contribution in [0.5, 0.6) is 0 Å². The minimum Gasteiger partial charge on any atom is -0.310 e. The van der Waals surface area contributed by atoms with Crippen molar-refractivity contribution in [2.75, 3.05) is 0 Å². The van der Waals surface area contributed by atoms with E-state index in [-0.39, 0.29) is 10.6 Å². The standard InChI is InChI=1S/C15H21BrN2O2/c1-11-5-3-2-4-6-15(11)17-10-12-7-8-13(18(19)20)9-14(12)16/h7-9,11,15,17H,2-6,10H2,1H3. The first kappa shape index (κ1) is 15.4. The van der Waals surface area contributed by atoms with Gasteiger partial charge in [0.25, 0.3) is 5.69 Å². The van der Waals surface area contributed by atoms with Gasteiger partial charge in [-0.2, -0.15) is 0 Å². The Morgan fingerprint density at radius 1 is 1.35 bits per heavy atom. The Kier molecular flexibility index (Phi) is 5.54. The van der Waals surface area contributed by atoms with E-state index in [0.717, 1.165) is 16.6 Å². The lowest BCUT2D eigenvalue weighted by molar-refractivity contribution is -0.384. The first-order valence-corrected chi connectivity index (χ1v) is 8.03. The molecule has 0 saturated heterocycles. The van der Waals surface area contributed by atoms with Gasteiger partial charge in [0.05, 0.1) is 4.92 Å². The number of nitrogens with zero attached hydrogens (tertiary/aromatic N) is 1. The van der Waals surface area contributed by atoms with Crippen LogP contribution in [0.3, 0.4) is 0 Å². The van der Waals surface area contributed by atoms with Crippen LogP contribution in [-0.2, 0) is 6.54 Å². The Balaban J connectivity index is 1.97. The highest BCUT2D eigenvalue weighted by molar-refractivity contribution is 9.10. The van der Waals surface area contributed by atoms with E-state index in [4.69, 9.17) is 0 Å². The van der Waals surface area contributed by atoms with Gasteiger partial charge in [-0.1, -0.05) is 42.1 Å². The van der Waals surface area contributed by atoms with Gasteiger partial charge in [-0.25, -0.2) is 0 Å². The first-order chi connectivity index (χ1) is 9.58. The molecular formula is C15H21BrN2O2. The molecule has 0 radical (unpaired) electrons. The summed E-state index contributed by atoms with van der Waals surface area (Å²) in [6.07, 6.45) is 6.48. The molecule has 1 aromatic carbocycles. The monoisotopic (exact) mass is 340 g/mol. The molecule has 1 aliphatic rings. The third-order valence-electron chi connectivity index (χ3n) is 4.16. The maximum atomic E-state index is 10.7. The third-order valence-corrected chi connectivity index (χ3v) is 4.90. The van der Waals surface area contributed by atoms with Crippen LogP contribution < -0.4 is 5.32 Å². The molecule has 1 aromatic rings. The molecular weight excluding hydrogens is 320 g/mol. The van der Waals surface area contributed by atoms with Crippen molar-refractivity contribution in [1.29, 1.82) is 0 Å². The van der Waals surface area contributed by atoms with E-state index in [1.54, 1.807) is 12.1 Å². The molecule has 1 aliphatic carbocycles. The highest BCUT2D eigenvalue weighted by atomic mass is 79.9. The van der Waals surface area contributed by atoms with E-state index in [1.807, 2.05) is 6.07 Å². The van der Waals surface area contributed by atoms with Gasteiger partial charge < -0.3 is 5.32 Å². The average Bonchev–Trinajstić information content (AvgIpc) is 2.62. The fourth-order valence-corrected chi connectivity index (χ4v) is 3.34. The highest BCUT2D eigenvalue weighted by Crippen LogP contribution is 2.25. The van der Waals surface area contributed by atoms with E-state index < -0.39 is 0 Å². The molecule has 5 heteroatoms. The molecule has 0 bridgehead atoms. The molecule has 0 heterocycles. The van der Waals surface area contributed by atoms with Gasteiger partial charge in [-0.05, 0) is 30.4 Å². The Morgan fingerprint density at radius 3 is 2.80 bits per heavy atom. The highest BCUT2D eigenvalue weighted by Gasteiger charge is 2.19. The molecule has 1 N–H and O–H groups in total. The lowest BCUT2D eigenvalue weighted by Crippen LogP contribution is -2.33. The summed E-state index contributed by atoms with van der Waals surface area (Å²) in [4.78, 5) is 10.4. The van der Waals surface area contributed by atoms with Crippen LogP contribution in [-0.4, -0.2) is 11.0 Å². The van der Waals surface area contributed by atoms with E-state index in [0.29, 0.717) is 12.0 Å². The van der Waals surface area contributed by atoms with E-state index in [1.165, 1.54) is 32.1 Å². The molecule has 0 spiro atoms. The van der Waals surface area contributed by atoms with Crippen molar-refractivity contribution >= 4 is 21.6 Å². The van der Waals surface area contributed by atoms with Gasteiger partial charge in [0.1, 0.15) is 0 Å². The van der Waals surface area contributed by atoms with Crippen molar-refractivity contribution in [2.45, 2.75) is 51.6 Å². The number of non-ortho nitro benzene ring substituents is 1. The van der Waals surface area contributed by atoms with Gasteiger partial charge >= 0.3 is 0 Å². The average molecular weight is 341 g/mol. The molecule has 110 valence electrons. The van der Waals surface area contributed by atoms with Gasteiger partial charge in [-0.3, -0.25) is 10.1 Å². The van der Waals surface area contributed by atoms with Crippen LogP contribution in [0.15, 0.2) is 22.7 Å². The van der Waals surface area contributed by atoms with Crippen molar-refractivity contribution in [3.8, 4) is 0 Å². The Hall–Kier alpha value is -0.940. The van der Waals surface area contributed by atoms with E-state index in [2.05, 4.69) is 28.2 Å². The smallest absolute Gasteiger partial charge is 0.270 e. The maximum absolute atomic E-state index is 10.7. The second kappa shape index (κ2) is 7.18. The SMILES string of the molecule is CC1CCCCCC1NCc1ccc([N+](=O)[O-])cc1Br.